The number of hydrogen-bond donors (Lipinski definition) is 0. The molecule has 0 unspecified atom stereocenters. The summed E-state index contributed by atoms with van der Waals surface area (Å²) in [6.07, 6.45) is 0. The molecule has 0 aliphatic carbocycles. The van der Waals surface area contributed by atoms with E-state index in [2.05, 4.69) is 38.1 Å². The van der Waals surface area contributed by atoms with Gasteiger partial charge in [-0.2, -0.15) is 0 Å². The largest absolute Gasteiger partial charge is 0.0616 e. The third-order valence-corrected chi connectivity index (χ3v) is 9.44. The summed E-state index contributed by atoms with van der Waals surface area (Å²) in [5, 5.41) is 5.89. The standard InChI is InChI=1S/C16H10S4/c1-7-8(2)14-12-11-13(7)17-19-15(11)9-5-3-4-6-10(9)16(12)20-18-14/h3-6H,1-2H3. The van der Waals surface area contributed by atoms with Crippen LogP contribution in [0.25, 0.3) is 21.5 Å². The highest BCUT2D eigenvalue weighted by Crippen LogP contribution is 2.64. The van der Waals surface area contributed by atoms with E-state index in [4.69, 9.17) is 0 Å². The van der Waals surface area contributed by atoms with Gasteiger partial charge in [-0.1, -0.05) is 67.4 Å². The van der Waals surface area contributed by atoms with E-state index in [0.717, 1.165) is 0 Å². The second-order valence-electron chi connectivity index (χ2n) is 5.20. The van der Waals surface area contributed by atoms with E-state index < -0.39 is 0 Å². The first-order valence-electron chi connectivity index (χ1n) is 6.48. The van der Waals surface area contributed by atoms with Crippen molar-refractivity contribution in [2.24, 2.45) is 0 Å². The Morgan fingerprint density at radius 3 is 1.45 bits per heavy atom. The van der Waals surface area contributed by atoms with Gasteiger partial charge < -0.3 is 0 Å². The Morgan fingerprint density at radius 2 is 1.00 bits per heavy atom. The summed E-state index contributed by atoms with van der Waals surface area (Å²) in [6, 6.07) is 8.88. The summed E-state index contributed by atoms with van der Waals surface area (Å²) in [7, 11) is 7.78. The molecule has 20 heavy (non-hydrogen) atoms. The molecule has 3 aromatic carbocycles. The maximum atomic E-state index is 2.28. The lowest BCUT2D eigenvalue weighted by Crippen LogP contribution is -1.90. The second-order valence-corrected chi connectivity index (χ2v) is 9.50. The Balaban J connectivity index is 2.18. The van der Waals surface area contributed by atoms with E-state index in [-0.39, 0.29) is 0 Å². The molecule has 0 nitrogen and oxygen atoms in total. The average molecular weight is 331 g/mol. The summed E-state index contributed by atoms with van der Waals surface area (Å²) < 4.78 is 0. The highest BCUT2D eigenvalue weighted by molar-refractivity contribution is 8.77. The number of fused-ring (bicyclic) bond motifs is 3. The van der Waals surface area contributed by atoms with E-state index in [1.807, 2.05) is 43.2 Å². The minimum absolute atomic E-state index is 1.43. The molecular weight excluding hydrogens is 320 g/mol. The molecule has 0 bridgehead atoms. The molecule has 0 saturated heterocycles. The third-order valence-electron chi connectivity index (χ3n) is 4.23. The molecule has 2 aliphatic heterocycles. The zero-order valence-corrected chi connectivity index (χ0v) is 14.2. The van der Waals surface area contributed by atoms with Crippen molar-refractivity contribution in [3.8, 4) is 0 Å². The fourth-order valence-corrected chi connectivity index (χ4v) is 9.07. The van der Waals surface area contributed by atoms with Crippen LogP contribution in [-0.2, 0) is 0 Å². The molecule has 98 valence electrons. The lowest BCUT2D eigenvalue weighted by molar-refractivity contribution is 1.19. The number of rotatable bonds is 0. The molecule has 0 spiro atoms. The minimum Gasteiger partial charge on any atom is -0.0616 e. The smallest absolute Gasteiger partial charge is 0.0356 e. The van der Waals surface area contributed by atoms with Gasteiger partial charge >= 0.3 is 0 Å². The first-order chi connectivity index (χ1) is 9.77. The molecule has 0 aromatic heterocycles. The first-order valence-corrected chi connectivity index (χ1v) is 10.8. The number of benzene rings is 3. The average Bonchev–Trinajstić information content (AvgIpc) is 3.09. The van der Waals surface area contributed by atoms with Crippen LogP contribution in [0.2, 0.25) is 0 Å². The van der Waals surface area contributed by atoms with Crippen LogP contribution in [0.1, 0.15) is 11.1 Å². The van der Waals surface area contributed by atoms with Crippen molar-refractivity contribution in [2.45, 2.75) is 33.4 Å². The van der Waals surface area contributed by atoms with Crippen LogP contribution in [-0.4, -0.2) is 0 Å². The van der Waals surface area contributed by atoms with Gasteiger partial charge in [-0.05, 0) is 35.7 Å². The van der Waals surface area contributed by atoms with Crippen molar-refractivity contribution < 1.29 is 0 Å². The lowest BCUT2D eigenvalue weighted by atomic mass is 9.98. The Morgan fingerprint density at radius 1 is 0.600 bits per heavy atom. The monoisotopic (exact) mass is 330 g/mol. The Kier molecular flexibility index (Phi) is 2.47. The fraction of sp³-hybridized carbons (Fsp3) is 0.125. The zero-order chi connectivity index (χ0) is 13.4. The Labute approximate surface area is 133 Å². The van der Waals surface area contributed by atoms with Crippen molar-refractivity contribution >= 4 is 64.7 Å². The fourth-order valence-electron chi connectivity index (χ4n) is 3.07. The van der Waals surface area contributed by atoms with Crippen molar-refractivity contribution in [1.29, 1.82) is 0 Å². The minimum atomic E-state index is 1.43. The lowest BCUT2D eigenvalue weighted by Gasteiger charge is -2.12. The topological polar surface area (TPSA) is 0 Å². The van der Waals surface area contributed by atoms with Crippen molar-refractivity contribution in [3.63, 3.8) is 0 Å². The van der Waals surface area contributed by atoms with Crippen LogP contribution in [0.5, 0.6) is 0 Å². The van der Waals surface area contributed by atoms with Gasteiger partial charge in [0.05, 0.1) is 0 Å². The third kappa shape index (κ3) is 1.32. The Hall–Kier alpha value is -0.420. The van der Waals surface area contributed by atoms with Gasteiger partial charge in [0.2, 0.25) is 0 Å². The van der Waals surface area contributed by atoms with E-state index in [9.17, 15) is 0 Å². The molecule has 4 heteroatoms. The summed E-state index contributed by atoms with van der Waals surface area (Å²) in [5.74, 6) is 0. The molecule has 0 saturated carbocycles. The molecule has 0 atom stereocenters. The SMILES string of the molecule is Cc1c(C)c2c3c(c4ccccc4c4c3c1SS4)SS2. The van der Waals surface area contributed by atoms with Crippen LogP contribution in [0, 0.1) is 13.8 Å². The van der Waals surface area contributed by atoms with E-state index in [1.54, 1.807) is 0 Å². The summed E-state index contributed by atoms with van der Waals surface area (Å²) in [4.78, 5) is 5.95. The van der Waals surface area contributed by atoms with Crippen LogP contribution in [0.3, 0.4) is 0 Å². The Bertz CT molecular complexity index is 851. The van der Waals surface area contributed by atoms with E-state index in [0.29, 0.717) is 0 Å². The van der Waals surface area contributed by atoms with Crippen molar-refractivity contribution in [1.82, 2.24) is 0 Å². The predicted molar refractivity (Wildman–Crippen MR) is 94.4 cm³/mol. The van der Waals surface area contributed by atoms with E-state index >= 15 is 0 Å². The zero-order valence-electron chi connectivity index (χ0n) is 10.9. The van der Waals surface area contributed by atoms with Crippen LogP contribution < -0.4 is 0 Å². The van der Waals surface area contributed by atoms with Gasteiger partial charge in [-0.15, -0.1) is 0 Å². The molecule has 2 aliphatic rings. The van der Waals surface area contributed by atoms with Gasteiger partial charge in [0.1, 0.15) is 0 Å². The van der Waals surface area contributed by atoms with Gasteiger partial charge in [0, 0.05) is 30.4 Å². The summed E-state index contributed by atoms with van der Waals surface area (Å²) >= 11 is 0. The molecule has 2 heterocycles. The second kappa shape index (κ2) is 4.07. The molecular formula is C16H10S4. The highest BCUT2D eigenvalue weighted by atomic mass is 33.1. The van der Waals surface area contributed by atoms with Crippen molar-refractivity contribution in [3.05, 3.63) is 35.4 Å². The molecule has 0 radical (unpaired) electrons. The molecule has 3 aromatic rings. The molecule has 0 amide bonds. The van der Waals surface area contributed by atoms with Gasteiger partial charge in [0.15, 0.2) is 0 Å². The van der Waals surface area contributed by atoms with Crippen molar-refractivity contribution in [2.75, 3.05) is 0 Å². The quantitative estimate of drug-likeness (QED) is 0.327. The maximum absolute atomic E-state index is 2.28. The van der Waals surface area contributed by atoms with E-state index in [1.165, 1.54) is 52.3 Å². The first kappa shape index (κ1) is 12.2. The number of hydrogen-bond acceptors (Lipinski definition) is 4. The normalized spacial score (nSPS) is 15.7. The maximum Gasteiger partial charge on any atom is 0.0356 e. The molecule has 0 fully saturated rings. The summed E-state index contributed by atoms with van der Waals surface area (Å²) in [5.41, 5.74) is 2.94. The summed E-state index contributed by atoms with van der Waals surface area (Å²) in [6.45, 7) is 4.56. The van der Waals surface area contributed by atoms with Gasteiger partial charge in [-0.25, -0.2) is 0 Å². The van der Waals surface area contributed by atoms with Gasteiger partial charge in [0.25, 0.3) is 0 Å². The van der Waals surface area contributed by atoms with Crippen LogP contribution in [0.15, 0.2) is 43.8 Å². The predicted octanol–water partition coefficient (Wildman–Crippen LogP) is 6.84. The molecule has 0 N–H and O–H groups in total. The van der Waals surface area contributed by atoms with Crippen LogP contribution in [0.4, 0.5) is 0 Å². The highest BCUT2D eigenvalue weighted by Gasteiger charge is 2.31. The van der Waals surface area contributed by atoms with Crippen LogP contribution >= 0.6 is 43.2 Å². The van der Waals surface area contributed by atoms with Gasteiger partial charge in [-0.3, -0.25) is 0 Å². The molecule has 5 rings (SSSR count).